The Morgan fingerprint density at radius 2 is 1.75 bits per heavy atom. The summed E-state index contributed by atoms with van der Waals surface area (Å²) in [4.78, 5) is 18.3. The molecule has 0 amide bonds. The van der Waals surface area contributed by atoms with E-state index in [2.05, 4.69) is 33.0 Å². The van der Waals surface area contributed by atoms with Gasteiger partial charge in [-0.05, 0) is 45.4 Å². The number of hydrogen-bond acceptors (Lipinski definition) is 6. The highest BCUT2D eigenvalue weighted by molar-refractivity contribution is 5.91. The fourth-order valence-electron chi connectivity index (χ4n) is 3.39. The molecule has 24 heavy (non-hydrogen) atoms. The molecule has 1 atom stereocenters. The molecule has 1 fully saturated rings. The van der Waals surface area contributed by atoms with Crippen molar-refractivity contribution in [3.05, 3.63) is 41.7 Å². The summed E-state index contributed by atoms with van der Waals surface area (Å²) in [5.41, 5.74) is -0.295. The van der Waals surface area contributed by atoms with Crippen LogP contribution < -0.4 is 10.1 Å². The van der Waals surface area contributed by atoms with Crippen LogP contribution in [0.2, 0.25) is 0 Å². The number of nitrogens with one attached hydrogen (secondary N) is 1. The average Bonchev–Trinajstić information content (AvgIpc) is 3.00. The molecule has 1 saturated heterocycles. The van der Waals surface area contributed by atoms with Crippen LogP contribution in [-0.2, 0) is 20.0 Å². The van der Waals surface area contributed by atoms with Crippen LogP contribution >= 0.6 is 0 Å². The van der Waals surface area contributed by atoms with Crippen molar-refractivity contribution in [2.45, 2.75) is 44.4 Å². The predicted molar refractivity (Wildman–Crippen MR) is 89.0 cm³/mol. The van der Waals surface area contributed by atoms with Crippen LogP contribution in [0.1, 0.15) is 33.3 Å². The van der Waals surface area contributed by atoms with Gasteiger partial charge in [0.05, 0.1) is 19.8 Å². The summed E-state index contributed by atoms with van der Waals surface area (Å²) in [5.74, 6) is 0.329. The van der Waals surface area contributed by atoms with E-state index in [9.17, 15) is 4.79 Å². The normalized spacial score (nSPS) is 27.2. The van der Waals surface area contributed by atoms with Gasteiger partial charge in [0.15, 0.2) is 5.66 Å². The molecular weight excluding hydrogens is 308 g/mol. The summed E-state index contributed by atoms with van der Waals surface area (Å²) in [6.07, 6.45) is 1.47. The van der Waals surface area contributed by atoms with Crippen molar-refractivity contribution in [1.82, 2.24) is 10.4 Å². The van der Waals surface area contributed by atoms with Crippen molar-refractivity contribution in [1.29, 1.82) is 0 Å². The predicted octanol–water partition coefficient (Wildman–Crippen LogP) is 2.31. The van der Waals surface area contributed by atoms with Crippen LogP contribution in [0.25, 0.3) is 0 Å². The molecule has 0 saturated carbocycles. The molecular formula is C18H24N2O4. The van der Waals surface area contributed by atoms with E-state index in [4.69, 9.17) is 14.3 Å². The van der Waals surface area contributed by atoms with Gasteiger partial charge in [-0.2, -0.15) is 0 Å². The molecule has 0 radical (unpaired) electrons. The van der Waals surface area contributed by atoms with Gasteiger partial charge in [-0.3, -0.25) is 5.32 Å². The summed E-state index contributed by atoms with van der Waals surface area (Å²) in [6.45, 7) is 8.35. The van der Waals surface area contributed by atoms with Gasteiger partial charge in [-0.1, -0.05) is 12.1 Å². The standard InChI is InChI=1S/C18H24N2O4/c1-16(2)17(3,4)20-18(19-16,14(11-24-20)15(21)23-6)12-7-9-13(22-5)10-8-12/h7-11,19H,1-6H3. The van der Waals surface area contributed by atoms with Crippen molar-refractivity contribution >= 4 is 5.97 Å². The minimum absolute atomic E-state index is 0.319. The largest absolute Gasteiger partial charge is 0.497 e. The van der Waals surface area contributed by atoms with E-state index >= 15 is 0 Å². The molecule has 2 aliphatic rings. The molecule has 130 valence electrons. The molecule has 1 unspecified atom stereocenters. The van der Waals surface area contributed by atoms with Crippen LogP contribution in [0.3, 0.4) is 0 Å². The zero-order valence-electron chi connectivity index (χ0n) is 15.0. The van der Waals surface area contributed by atoms with Crippen LogP contribution in [0.15, 0.2) is 36.1 Å². The molecule has 1 N–H and O–H groups in total. The second-order valence-electron chi connectivity index (χ2n) is 7.17. The van der Waals surface area contributed by atoms with Gasteiger partial charge in [-0.15, -0.1) is 5.06 Å². The highest BCUT2D eigenvalue weighted by Gasteiger charge is 2.67. The Labute approximate surface area is 142 Å². The summed E-state index contributed by atoms with van der Waals surface area (Å²) in [5, 5.41) is 5.45. The lowest BCUT2D eigenvalue weighted by Crippen LogP contribution is -2.52. The van der Waals surface area contributed by atoms with E-state index in [-0.39, 0.29) is 11.1 Å². The number of nitrogens with zero attached hydrogens (tertiary/aromatic N) is 1. The lowest BCUT2D eigenvalue weighted by Gasteiger charge is -2.38. The molecule has 2 aliphatic heterocycles. The number of ether oxygens (including phenoxy) is 2. The van der Waals surface area contributed by atoms with Gasteiger partial charge in [0.25, 0.3) is 0 Å². The summed E-state index contributed by atoms with van der Waals surface area (Å²) < 4.78 is 10.2. The molecule has 0 bridgehead atoms. The third-order valence-electron chi connectivity index (χ3n) is 5.41. The van der Waals surface area contributed by atoms with Crippen LogP contribution in [0.4, 0.5) is 0 Å². The Kier molecular flexibility index (Phi) is 3.66. The maximum absolute atomic E-state index is 12.4. The SMILES string of the molecule is COC(=O)C1=CON2C1(c1ccc(OC)cc1)NC(C)(C)C2(C)C. The van der Waals surface area contributed by atoms with E-state index in [0.29, 0.717) is 5.57 Å². The zero-order valence-corrected chi connectivity index (χ0v) is 15.0. The van der Waals surface area contributed by atoms with E-state index in [1.54, 1.807) is 7.11 Å². The molecule has 1 aromatic rings. The molecule has 3 rings (SSSR count). The van der Waals surface area contributed by atoms with Gasteiger partial charge in [0.1, 0.15) is 17.6 Å². The first-order valence-corrected chi connectivity index (χ1v) is 7.90. The number of carbonyl (C=O) groups excluding carboxylic acids is 1. The van der Waals surface area contributed by atoms with Crippen LogP contribution in [0, 0.1) is 0 Å². The Balaban J connectivity index is 2.19. The topological polar surface area (TPSA) is 60.0 Å². The third kappa shape index (κ3) is 1.99. The van der Waals surface area contributed by atoms with Crippen molar-refractivity contribution in [3.8, 4) is 5.75 Å². The Bertz CT molecular complexity index is 693. The number of methoxy groups -OCH3 is 2. The first-order valence-electron chi connectivity index (χ1n) is 7.90. The minimum Gasteiger partial charge on any atom is -0.497 e. The fourth-order valence-corrected chi connectivity index (χ4v) is 3.39. The Hall–Kier alpha value is -2.05. The van der Waals surface area contributed by atoms with E-state index in [1.807, 2.05) is 29.3 Å². The summed E-state index contributed by atoms with van der Waals surface area (Å²) in [7, 11) is 3.00. The Morgan fingerprint density at radius 3 is 2.29 bits per heavy atom. The number of hydroxylamine groups is 2. The molecule has 6 heteroatoms. The maximum atomic E-state index is 12.4. The quantitative estimate of drug-likeness (QED) is 0.857. The van der Waals surface area contributed by atoms with Gasteiger partial charge in [0, 0.05) is 5.54 Å². The third-order valence-corrected chi connectivity index (χ3v) is 5.41. The molecule has 0 spiro atoms. The minimum atomic E-state index is -0.910. The average molecular weight is 332 g/mol. The van der Waals surface area contributed by atoms with Crippen molar-refractivity contribution in [2.24, 2.45) is 0 Å². The lowest BCUT2D eigenvalue weighted by atomic mass is 9.84. The van der Waals surface area contributed by atoms with E-state index in [1.165, 1.54) is 13.4 Å². The van der Waals surface area contributed by atoms with Gasteiger partial charge >= 0.3 is 5.97 Å². The van der Waals surface area contributed by atoms with E-state index in [0.717, 1.165) is 11.3 Å². The molecule has 1 aromatic carbocycles. The maximum Gasteiger partial charge on any atom is 0.340 e. The summed E-state index contributed by atoms with van der Waals surface area (Å²) >= 11 is 0. The number of esters is 1. The smallest absolute Gasteiger partial charge is 0.340 e. The first kappa shape index (κ1) is 16.8. The molecule has 0 aromatic heterocycles. The van der Waals surface area contributed by atoms with Crippen LogP contribution in [-0.4, -0.2) is 36.3 Å². The second-order valence-corrected chi connectivity index (χ2v) is 7.17. The monoisotopic (exact) mass is 332 g/mol. The lowest BCUT2D eigenvalue weighted by molar-refractivity contribution is -0.188. The van der Waals surface area contributed by atoms with Gasteiger partial charge < -0.3 is 14.3 Å². The van der Waals surface area contributed by atoms with Crippen LogP contribution in [0.5, 0.6) is 5.75 Å². The fraction of sp³-hybridized carbons (Fsp3) is 0.500. The Morgan fingerprint density at radius 1 is 1.12 bits per heavy atom. The van der Waals surface area contributed by atoms with E-state index < -0.39 is 11.6 Å². The molecule has 0 aliphatic carbocycles. The zero-order chi connectivity index (χ0) is 17.8. The highest BCUT2D eigenvalue weighted by atomic mass is 16.7. The van der Waals surface area contributed by atoms with Crippen molar-refractivity contribution < 1.29 is 19.1 Å². The number of fused-ring (bicyclic) bond motifs is 1. The van der Waals surface area contributed by atoms with Gasteiger partial charge in [-0.25, -0.2) is 4.79 Å². The van der Waals surface area contributed by atoms with Gasteiger partial charge in [0.2, 0.25) is 0 Å². The number of carbonyl (C=O) groups is 1. The number of rotatable bonds is 3. The highest BCUT2D eigenvalue weighted by Crippen LogP contribution is 2.53. The van der Waals surface area contributed by atoms with Crippen molar-refractivity contribution in [3.63, 3.8) is 0 Å². The second kappa shape index (κ2) is 5.22. The molecule has 2 heterocycles. The molecule has 6 nitrogen and oxygen atoms in total. The number of hydrogen-bond donors (Lipinski definition) is 1. The first-order chi connectivity index (χ1) is 11.2. The summed E-state index contributed by atoms with van der Waals surface area (Å²) in [6, 6.07) is 7.61. The van der Waals surface area contributed by atoms with Crippen molar-refractivity contribution in [2.75, 3.05) is 14.2 Å². The number of benzene rings is 1.